The molecule has 0 radical (unpaired) electrons. The number of hydrogen-bond acceptors (Lipinski definition) is 7. The number of hydrogen-bond donors (Lipinski definition) is 1. The lowest BCUT2D eigenvalue weighted by atomic mass is 10.1. The van der Waals surface area contributed by atoms with Crippen molar-refractivity contribution in [3.63, 3.8) is 0 Å². The van der Waals surface area contributed by atoms with E-state index in [1.165, 1.54) is 22.5 Å². The van der Waals surface area contributed by atoms with Gasteiger partial charge < -0.3 is 5.32 Å². The lowest BCUT2D eigenvalue weighted by molar-refractivity contribution is -0.115. The van der Waals surface area contributed by atoms with Crippen LogP contribution in [0.15, 0.2) is 58.9 Å². The smallest absolute Gasteiger partial charge is 0.231 e. The van der Waals surface area contributed by atoms with Crippen LogP contribution in [-0.4, -0.2) is 21.1 Å². The molecule has 152 valence electrons. The van der Waals surface area contributed by atoms with Gasteiger partial charge in [-0.25, -0.2) is 4.98 Å². The van der Waals surface area contributed by atoms with Crippen LogP contribution in [0, 0.1) is 13.8 Å². The molecular weight excluding hydrogens is 432 g/mol. The average Bonchev–Trinajstić information content (AvgIpc) is 3.33. The molecule has 0 bridgehead atoms. The summed E-state index contributed by atoms with van der Waals surface area (Å²) >= 11 is 4.56. The molecule has 2 heterocycles. The molecule has 1 amide bonds. The molecule has 0 atom stereocenters. The molecule has 2 aromatic carbocycles. The number of thiazole rings is 1. The summed E-state index contributed by atoms with van der Waals surface area (Å²) in [6, 6.07) is 18.4. The number of benzene rings is 2. The summed E-state index contributed by atoms with van der Waals surface area (Å²) in [5, 5.41) is 12.6. The van der Waals surface area contributed by atoms with Crippen molar-refractivity contribution < 1.29 is 4.79 Å². The minimum Gasteiger partial charge on any atom is -0.300 e. The quantitative estimate of drug-likeness (QED) is 0.286. The Labute approximate surface area is 187 Å². The van der Waals surface area contributed by atoms with E-state index in [1.807, 2.05) is 37.3 Å². The number of thioether (sulfide) groups is 1. The zero-order valence-electron chi connectivity index (χ0n) is 16.6. The molecule has 0 fully saturated rings. The molecule has 0 spiro atoms. The molecule has 5 nitrogen and oxygen atoms in total. The highest BCUT2D eigenvalue weighted by molar-refractivity contribution is 8.00. The molecule has 8 heteroatoms. The van der Waals surface area contributed by atoms with E-state index in [9.17, 15) is 4.79 Å². The van der Waals surface area contributed by atoms with Gasteiger partial charge >= 0.3 is 0 Å². The number of aryl methyl sites for hydroxylation is 2. The highest BCUT2D eigenvalue weighted by Gasteiger charge is 2.16. The van der Waals surface area contributed by atoms with E-state index in [0.29, 0.717) is 5.13 Å². The van der Waals surface area contributed by atoms with Gasteiger partial charge in [-0.1, -0.05) is 83.3 Å². The number of aromatic nitrogens is 3. The Hall–Kier alpha value is -2.55. The fourth-order valence-corrected chi connectivity index (χ4v) is 5.55. The van der Waals surface area contributed by atoms with E-state index in [1.54, 1.807) is 23.1 Å². The number of carbonyl (C=O) groups excluding carboxylic acids is 1. The van der Waals surface area contributed by atoms with Crippen LogP contribution in [-0.2, 0) is 17.0 Å². The van der Waals surface area contributed by atoms with Crippen molar-refractivity contribution in [3.05, 3.63) is 75.6 Å². The van der Waals surface area contributed by atoms with Crippen molar-refractivity contribution in [2.24, 2.45) is 0 Å². The Morgan fingerprint density at radius 1 is 1.00 bits per heavy atom. The molecule has 0 aliphatic carbocycles. The second-order valence-corrected chi connectivity index (χ2v) is 10.2. The Morgan fingerprint density at radius 2 is 1.77 bits per heavy atom. The van der Waals surface area contributed by atoms with E-state index in [-0.39, 0.29) is 12.3 Å². The molecule has 2 aromatic heterocycles. The normalized spacial score (nSPS) is 10.9. The van der Waals surface area contributed by atoms with Gasteiger partial charge in [0.1, 0.15) is 0 Å². The number of anilines is 1. The Balaban J connectivity index is 1.38. The van der Waals surface area contributed by atoms with Crippen molar-refractivity contribution >= 4 is 45.5 Å². The van der Waals surface area contributed by atoms with Gasteiger partial charge in [0.2, 0.25) is 11.0 Å². The summed E-state index contributed by atoms with van der Waals surface area (Å²) in [7, 11) is 0. The van der Waals surface area contributed by atoms with Gasteiger partial charge in [-0.05, 0) is 19.4 Å². The SMILES string of the molecule is Cc1ccc(-c2nc(C)sc2CC(=O)Nc2nnc(SCc3ccccc3)s2)cc1. The minimum absolute atomic E-state index is 0.109. The van der Waals surface area contributed by atoms with Crippen LogP contribution in [0.1, 0.15) is 21.0 Å². The van der Waals surface area contributed by atoms with Gasteiger partial charge in [0.05, 0.1) is 17.1 Å². The van der Waals surface area contributed by atoms with Gasteiger partial charge in [0, 0.05) is 16.2 Å². The Bertz CT molecular complexity index is 1140. The number of rotatable bonds is 7. The Kier molecular flexibility index (Phi) is 6.56. The van der Waals surface area contributed by atoms with Gasteiger partial charge in [-0.2, -0.15) is 0 Å². The third-order valence-corrected chi connectivity index (χ3v) is 7.32. The Morgan fingerprint density at radius 3 is 2.53 bits per heavy atom. The van der Waals surface area contributed by atoms with E-state index < -0.39 is 0 Å². The van der Waals surface area contributed by atoms with Gasteiger partial charge in [0.15, 0.2) is 4.34 Å². The van der Waals surface area contributed by atoms with E-state index in [0.717, 1.165) is 31.2 Å². The summed E-state index contributed by atoms with van der Waals surface area (Å²) in [5.74, 6) is 0.714. The largest absolute Gasteiger partial charge is 0.300 e. The molecule has 30 heavy (non-hydrogen) atoms. The molecular formula is C22H20N4OS3. The summed E-state index contributed by atoms with van der Waals surface area (Å²) < 4.78 is 0.836. The molecule has 0 unspecified atom stereocenters. The molecule has 4 aromatic rings. The van der Waals surface area contributed by atoms with Crippen LogP contribution in [0.2, 0.25) is 0 Å². The number of amides is 1. The predicted octanol–water partition coefficient (Wildman–Crippen LogP) is 5.75. The molecule has 1 N–H and O–H groups in total. The minimum atomic E-state index is -0.109. The van der Waals surface area contributed by atoms with Gasteiger partial charge in [-0.3, -0.25) is 4.79 Å². The molecule has 4 rings (SSSR count). The first kappa shape index (κ1) is 20.7. The van der Waals surface area contributed by atoms with Crippen molar-refractivity contribution in [1.82, 2.24) is 15.2 Å². The summed E-state index contributed by atoms with van der Waals surface area (Å²) in [4.78, 5) is 18.2. The third kappa shape index (κ3) is 5.33. The van der Waals surface area contributed by atoms with Crippen LogP contribution in [0.25, 0.3) is 11.3 Å². The molecule has 0 aliphatic heterocycles. The monoisotopic (exact) mass is 452 g/mol. The van der Waals surface area contributed by atoms with E-state index in [4.69, 9.17) is 0 Å². The number of nitrogens with one attached hydrogen (secondary N) is 1. The number of carbonyl (C=O) groups is 1. The maximum Gasteiger partial charge on any atom is 0.231 e. The standard InChI is InChI=1S/C22H20N4OS3/c1-14-8-10-17(11-9-14)20-18(29-15(2)23-20)12-19(27)24-21-25-26-22(30-21)28-13-16-6-4-3-5-7-16/h3-11H,12-13H2,1-2H3,(H,24,25,27). The summed E-state index contributed by atoms with van der Waals surface area (Å²) in [6.07, 6.45) is 0.265. The maximum absolute atomic E-state index is 12.6. The fourth-order valence-electron chi connectivity index (χ4n) is 2.87. The van der Waals surface area contributed by atoms with Crippen LogP contribution < -0.4 is 5.32 Å². The summed E-state index contributed by atoms with van der Waals surface area (Å²) in [5.41, 5.74) is 4.34. The lowest BCUT2D eigenvalue weighted by Crippen LogP contribution is -2.14. The summed E-state index contributed by atoms with van der Waals surface area (Å²) in [6.45, 7) is 4.02. The molecule has 0 saturated carbocycles. The zero-order valence-corrected chi connectivity index (χ0v) is 19.0. The van der Waals surface area contributed by atoms with Crippen molar-refractivity contribution in [2.75, 3.05) is 5.32 Å². The topological polar surface area (TPSA) is 67.8 Å². The third-order valence-electron chi connectivity index (χ3n) is 4.31. The first-order valence-electron chi connectivity index (χ1n) is 9.40. The van der Waals surface area contributed by atoms with Crippen molar-refractivity contribution in [2.45, 2.75) is 30.4 Å². The first-order valence-corrected chi connectivity index (χ1v) is 12.0. The van der Waals surface area contributed by atoms with Gasteiger partial charge in [-0.15, -0.1) is 21.5 Å². The average molecular weight is 453 g/mol. The molecule has 0 saturated heterocycles. The highest BCUT2D eigenvalue weighted by Crippen LogP contribution is 2.30. The van der Waals surface area contributed by atoms with Gasteiger partial charge in [0.25, 0.3) is 0 Å². The fraction of sp³-hybridized carbons (Fsp3) is 0.182. The van der Waals surface area contributed by atoms with Crippen molar-refractivity contribution in [3.8, 4) is 11.3 Å². The maximum atomic E-state index is 12.6. The van der Waals surface area contributed by atoms with Crippen molar-refractivity contribution in [1.29, 1.82) is 0 Å². The zero-order chi connectivity index (χ0) is 20.9. The second-order valence-electron chi connectivity index (χ2n) is 6.74. The number of nitrogens with zero attached hydrogens (tertiary/aromatic N) is 3. The highest BCUT2D eigenvalue weighted by atomic mass is 32.2. The van der Waals surface area contributed by atoms with E-state index in [2.05, 4.69) is 51.7 Å². The lowest BCUT2D eigenvalue weighted by Gasteiger charge is -2.03. The van der Waals surface area contributed by atoms with Crippen LogP contribution in [0.3, 0.4) is 0 Å². The second kappa shape index (κ2) is 9.51. The molecule has 0 aliphatic rings. The first-order chi connectivity index (χ1) is 14.6. The van der Waals surface area contributed by atoms with Crippen LogP contribution in [0.4, 0.5) is 5.13 Å². The predicted molar refractivity (Wildman–Crippen MR) is 125 cm³/mol. The van der Waals surface area contributed by atoms with Crippen LogP contribution in [0.5, 0.6) is 0 Å². The van der Waals surface area contributed by atoms with E-state index >= 15 is 0 Å². The van der Waals surface area contributed by atoms with Crippen LogP contribution >= 0.6 is 34.4 Å².